The van der Waals surface area contributed by atoms with Crippen LogP contribution >= 0.6 is 11.6 Å². The summed E-state index contributed by atoms with van der Waals surface area (Å²) < 4.78 is 18.6. The Hall–Kier alpha value is -1.58. The van der Waals surface area contributed by atoms with Gasteiger partial charge in [-0.2, -0.15) is 0 Å². The summed E-state index contributed by atoms with van der Waals surface area (Å²) in [6, 6.07) is 12.1. The van der Waals surface area contributed by atoms with Crippen molar-refractivity contribution in [2.75, 3.05) is 0 Å². The molecule has 0 fully saturated rings. The molecule has 2 nitrogen and oxygen atoms in total. The maximum absolute atomic E-state index is 13.0. The maximum atomic E-state index is 13.0. The Balaban J connectivity index is 2.00. The summed E-state index contributed by atoms with van der Waals surface area (Å²) in [7, 11) is 0. The minimum atomic E-state index is -0.424. The molecule has 2 aromatic rings. The fraction of sp³-hybridized carbons (Fsp3) is 0.200. The van der Waals surface area contributed by atoms with E-state index < -0.39 is 5.82 Å². The number of benzene rings is 2. The summed E-state index contributed by atoms with van der Waals surface area (Å²) in [6.07, 6.45) is 0. The summed E-state index contributed by atoms with van der Waals surface area (Å²) >= 11 is 5.71. The van der Waals surface area contributed by atoms with Crippen molar-refractivity contribution in [1.29, 1.82) is 0 Å². The summed E-state index contributed by atoms with van der Waals surface area (Å²) in [4.78, 5) is 0. The molecule has 100 valence electrons. The highest BCUT2D eigenvalue weighted by atomic mass is 35.5. The zero-order valence-electron chi connectivity index (χ0n) is 10.6. The molecule has 2 N–H and O–H groups in total. The zero-order chi connectivity index (χ0) is 13.8. The molecule has 1 atom stereocenters. The van der Waals surface area contributed by atoms with E-state index in [1.165, 1.54) is 6.07 Å². The predicted molar refractivity (Wildman–Crippen MR) is 74.8 cm³/mol. The van der Waals surface area contributed by atoms with Crippen molar-refractivity contribution in [3.63, 3.8) is 0 Å². The van der Waals surface area contributed by atoms with E-state index in [1.807, 2.05) is 31.2 Å². The third kappa shape index (κ3) is 3.69. The standard InChI is InChI=1S/C15H15ClFNO/c1-10(18)12-3-5-13(6-4-12)19-9-11-2-7-15(17)14(16)8-11/h2-8,10H,9,18H2,1H3/t10-/m1/s1. The van der Waals surface area contributed by atoms with Crippen molar-refractivity contribution in [2.45, 2.75) is 19.6 Å². The fourth-order valence-electron chi connectivity index (χ4n) is 1.66. The van der Waals surface area contributed by atoms with Gasteiger partial charge in [0.05, 0.1) is 5.02 Å². The molecule has 0 radical (unpaired) electrons. The van der Waals surface area contributed by atoms with Gasteiger partial charge in [-0.05, 0) is 42.3 Å². The van der Waals surface area contributed by atoms with E-state index >= 15 is 0 Å². The lowest BCUT2D eigenvalue weighted by Gasteiger charge is -2.09. The SMILES string of the molecule is C[C@@H](N)c1ccc(OCc2ccc(F)c(Cl)c2)cc1. The monoisotopic (exact) mass is 279 g/mol. The van der Waals surface area contributed by atoms with Gasteiger partial charge in [-0.1, -0.05) is 29.8 Å². The average Bonchev–Trinajstić information content (AvgIpc) is 2.40. The number of ether oxygens (including phenoxy) is 1. The molecule has 0 spiro atoms. The van der Waals surface area contributed by atoms with Crippen LogP contribution in [0.1, 0.15) is 24.1 Å². The first-order chi connectivity index (χ1) is 9.06. The number of rotatable bonds is 4. The van der Waals surface area contributed by atoms with Gasteiger partial charge in [-0.3, -0.25) is 0 Å². The number of nitrogens with two attached hydrogens (primary N) is 1. The van der Waals surface area contributed by atoms with E-state index in [-0.39, 0.29) is 11.1 Å². The Kier molecular flexibility index (Phi) is 4.40. The van der Waals surface area contributed by atoms with E-state index in [0.717, 1.165) is 16.9 Å². The van der Waals surface area contributed by atoms with Crippen LogP contribution < -0.4 is 10.5 Å². The molecule has 4 heteroatoms. The molecule has 0 aliphatic carbocycles. The van der Waals surface area contributed by atoms with Crippen molar-refractivity contribution < 1.29 is 9.13 Å². The highest BCUT2D eigenvalue weighted by Crippen LogP contribution is 2.19. The highest BCUT2D eigenvalue weighted by molar-refractivity contribution is 6.30. The Labute approximate surface area is 117 Å². The van der Waals surface area contributed by atoms with E-state index in [1.54, 1.807) is 12.1 Å². The lowest BCUT2D eigenvalue weighted by Crippen LogP contribution is -2.04. The van der Waals surface area contributed by atoms with E-state index in [9.17, 15) is 4.39 Å². The van der Waals surface area contributed by atoms with Gasteiger partial charge in [0.15, 0.2) is 0 Å². The van der Waals surface area contributed by atoms with Gasteiger partial charge in [0.25, 0.3) is 0 Å². The Morgan fingerprint density at radius 3 is 2.47 bits per heavy atom. The van der Waals surface area contributed by atoms with Crippen molar-refractivity contribution in [2.24, 2.45) is 5.73 Å². The van der Waals surface area contributed by atoms with Gasteiger partial charge >= 0.3 is 0 Å². The summed E-state index contributed by atoms with van der Waals surface area (Å²) in [5, 5.41) is 0.105. The fourth-order valence-corrected chi connectivity index (χ4v) is 1.87. The molecule has 0 aliphatic heterocycles. The molecule has 2 aromatic carbocycles. The highest BCUT2D eigenvalue weighted by Gasteiger charge is 2.03. The van der Waals surface area contributed by atoms with Gasteiger partial charge in [0.1, 0.15) is 18.2 Å². The molecular formula is C15H15ClFNO. The first-order valence-electron chi connectivity index (χ1n) is 5.98. The molecule has 0 heterocycles. The van der Waals surface area contributed by atoms with Gasteiger partial charge in [-0.25, -0.2) is 4.39 Å². The predicted octanol–water partition coefficient (Wildman–Crippen LogP) is 4.08. The van der Waals surface area contributed by atoms with Crippen LogP contribution in [-0.2, 0) is 6.61 Å². The topological polar surface area (TPSA) is 35.2 Å². The van der Waals surface area contributed by atoms with Crippen molar-refractivity contribution in [3.05, 3.63) is 64.4 Å². The number of hydrogen-bond acceptors (Lipinski definition) is 2. The minimum absolute atomic E-state index is 0.00459. The van der Waals surface area contributed by atoms with Crippen LogP contribution in [-0.4, -0.2) is 0 Å². The second-order valence-corrected chi connectivity index (χ2v) is 4.80. The summed E-state index contributed by atoms with van der Waals surface area (Å²) in [5.41, 5.74) is 7.64. The lowest BCUT2D eigenvalue weighted by molar-refractivity contribution is 0.306. The first kappa shape index (κ1) is 13.8. The minimum Gasteiger partial charge on any atom is -0.489 e. The van der Waals surface area contributed by atoms with Crippen molar-refractivity contribution >= 4 is 11.6 Å². The third-order valence-corrected chi connectivity index (χ3v) is 3.09. The van der Waals surface area contributed by atoms with E-state index in [2.05, 4.69) is 0 Å². The normalized spacial score (nSPS) is 12.2. The largest absolute Gasteiger partial charge is 0.489 e. The smallest absolute Gasteiger partial charge is 0.141 e. The van der Waals surface area contributed by atoms with Gasteiger partial charge in [0, 0.05) is 6.04 Å². The zero-order valence-corrected chi connectivity index (χ0v) is 11.3. The second kappa shape index (κ2) is 6.04. The molecule has 0 bridgehead atoms. The number of halogens is 2. The van der Waals surface area contributed by atoms with E-state index in [0.29, 0.717) is 6.61 Å². The summed E-state index contributed by atoms with van der Waals surface area (Å²) in [5.74, 6) is 0.316. The van der Waals surface area contributed by atoms with Gasteiger partial charge < -0.3 is 10.5 Å². The Bertz CT molecular complexity index is 555. The molecule has 2 rings (SSSR count). The molecule has 0 saturated heterocycles. The lowest BCUT2D eigenvalue weighted by atomic mass is 10.1. The van der Waals surface area contributed by atoms with Gasteiger partial charge in [0.2, 0.25) is 0 Å². The first-order valence-corrected chi connectivity index (χ1v) is 6.36. The van der Waals surface area contributed by atoms with Crippen LogP contribution in [0.15, 0.2) is 42.5 Å². The van der Waals surface area contributed by atoms with Crippen LogP contribution in [0.2, 0.25) is 5.02 Å². The van der Waals surface area contributed by atoms with Gasteiger partial charge in [-0.15, -0.1) is 0 Å². The van der Waals surface area contributed by atoms with Crippen LogP contribution in [0.3, 0.4) is 0 Å². The average molecular weight is 280 g/mol. The summed E-state index contributed by atoms with van der Waals surface area (Å²) in [6.45, 7) is 2.27. The molecule has 0 amide bonds. The molecule has 0 unspecified atom stereocenters. The number of hydrogen-bond donors (Lipinski definition) is 1. The molecular weight excluding hydrogens is 265 g/mol. The third-order valence-electron chi connectivity index (χ3n) is 2.80. The molecule has 0 aliphatic rings. The van der Waals surface area contributed by atoms with E-state index in [4.69, 9.17) is 22.1 Å². The van der Waals surface area contributed by atoms with Crippen LogP contribution in [0.4, 0.5) is 4.39 Å². The van der Waals surface area contributed by atoms with Crippen LogP contribution in [0.5, 0.6) is 5.75 Å². The van der Waals surface area contributed by atoms with Crippen molar-refractivity contribution in [3.8, 4) is 5.75 Å². The molecule has 0 saturated carbocycles. The van der Waals surface area contributed by atoms with Crippen LogP contribution in [0, 0.1) is 5.82 Å². The second-order valence-electron chi connectivity index (χ2n) is 4.39. The Morgan fingerprint density at radius 2 is 1.89 bits per heavy atom. The quantitative estimate of drug-likeness (QED) is 0.915. The molecule has 0 aromatic heterocycles. The van der Waals surface area contributed by atoms with Crippen molar-refractivity contribution in [1.82, 2.24) is 0 Å². The molecule has 19 heavy (non-hydrogen) atoms. The van der Waals surface area contributed by atoms with Crippen LogP contribution in [0.25, 0.3) is 0 Å². The Morgan fingerprint density at radius 1 is 1.21 bits per heavy atom. The maximum Gasteiger partial charge on any atom is 0.141 e.